The van der Waals surface area contributed by atoms with Crippen molar-refractivity contribution >= 4 is 33.9 Å². The topological polar surface area (TPSA) is 85.8 Å². The van der Waals surface area contributed by atoms with Gasteiger partial charge in [-0.05, 0) is 55.2 Å². The first-order valence-electron chi connectivity index (χ1n) is 12.1. The lowest BCUT2D eigenvalue weighted by molar-refractivity contribution is 0.0942. The highest BCUT2D eigenvalue weighted by molar-refractivity contribution is 6.11. The SMILES string of the molecule is CCCCc1ccc(-n2c(N)c(C(=O)NC(C)c3ccccc3)c3nc4ccccc4nc32)cc1. The molecule has 0 fully saturated rings. The van der Waals surface area contributed by atoms with Gasteiger partial charge in [0.25, 0.3) is 5.91 Å². The van der Waals surface area contributed by atoms with E-state index in [0.717, 1.165) is 41.5 Å². The number of benzene rings is 3. The second kappa shape index (κ2) is 9.58. The number of hydrogen-bond donors (Lipinski definition) is 2. The Morgan fingerprint density at radius 2 is 1.60 bits per heavy atom. The molecule has 1 amide bonds. The van der Waals surface area contributed by atoms with Crippen molar-refractivity contribution in [1.29, 1.82) is 0 Å². The zero-order valence-corrected chi connectivity index (χ0v) is 20.0. The van der Waals surface area contributed by atoms with Gasteiger partial charge in [0.1, 0.15) is 16.9 Å². The monoisotopic (exact) mass is 463 g/mol. The van der Waals surface area contributed by atoms with Crippen LogP contribution in [0, 0.1) is 0 Å². The Kier molecular flexibility index (Phi) is 6.19. The van der Waals surface area contributed by atoms with Crippen molar-refractivity contribution in [3.63, 3.8) is 0 Å². The van der Waals surface area contributed by atoms with Crippen LogP contribution in [0.5, 0.6) is 0 Å². The van der Waals surface area contributed by atoms with Crippen molar-refractivity contribution in [2.45, 2.75) is 39.2 Å². The van der Waals surface area contributed by atoms with Crippen LogP contribution in [0.3, 0.4) is 0 Å². The molecule has 5 rings (SSSR count). The number of aryl methyl sites for hydroxylation is 1. The van der Waals surface area contributed by atoms with Crippen LogP contribution in [0.2, 0.25) is 0 Å². The average molecular weight is 464 g/mol. The maximum Gasteiger partial charge on any atom is 0.257 e. The van der Waals surface area contributed by atoms with Gasteiger partial charge >= 0.3 is 0 Å². The summed E-state index contributed by atoms with van der Waals surface area (Å²) in [5, 5.41) is 3.09. The molecule has 0 saturated heterocycles. The van der Waals surface area contributed by atoms with E-state index in [1.54, 1.807) is 0 Å². The Balaban J connectivity index is 1.62. The fraction of sp³-hybridized carbons (Fsp3) is 0.207. The molecule has 0 bridgehead atoms. The van der Waals surface area contributed by atoms with Crippen LogP contribution in [0.1, 0.15) is 54.2 Å². The van der Waals surface area contributed by atoms with Gasteiger partial charge in [-0.2, -0.15) is 0 Å². The number of aromatic nitrogens is 3. The third-order valence-corrected chi connectivity index (χ3v) is 6.39. The Hall–Kier alpha value is -4.19. The number of anilines is 1. The molecule has 2 heterocycles. The third kappa shape index (κ3) is 4.35. The van der Waals surface area contributed by atoms with E-state index in [0.29, 0.717) is 22.5 Å². The Morgan fingerprint density at radius 3 is 2.29 bits per heavy atom. The van der Waals surface area contributed by atoms with Gasteiger partial charge in [-0.25, -0.2) is 9.97 Å². The van der Waals surface area contributed by atoms with Crippen molar-refractivity contribution in [3.8, 4) is 5.69 Å². The Bertz CT molecular complexity index is 1490. The highest BCUT2D eigenvalue weighted by Gasteiger charge is 2.26. The number of carbonyl (C=O) groups excluding carboxylic acids is 1. The van der Waals surface area contributed by atoms with Gasteiger partial charge in [-0.15, -0.1) is 0 Å². The zero-order valence-electron chi connectivity index (χ0n) is 20.0. The molecular formula is C29H29N5O. The molecule has 0 aliphatic carbocycles. The van der Waals surface area contributed by atoms with Gasteiger partial charge in [-0.1, -0.05) is 67.9 Å². The third-order valence-electron chi connectivity index (χ3n) is 6.39. The number of nitrogens with two attached hydrogens (primary N) is 1. The number of amides is 1. The molecule has 6 heteroatoms. The van der Waals surface area contributed by atoms with Gasteiger partial charge in [0, 0.05) is 5.69 Å². The summed E-state index contributed by atoms with van der Waals surface area (Å²) < 4.78 is 1.83. The maximum absolute atomic E-state index is 13.5. The molecule has 0 spiro atoms. The predicted octanol–water partition coefficient (Wildman–Crippen LogP) is 5.99. The van der Waals surface area contributed by atoms with Crippen LogP contribution in [-0.2, 0) is 6.42 Å². The number of nitrogens with one attached hydrogen (secondary N) is 1. The van der Waals surface area contributed by atoms with E-state index in [1.807, 2.05) is 78.2 Å². The molecule has 2 aromatic heterocycles. The van der Waals surface area contributed by atoms with E-state index in [4.69, 9.17) is 15.7 Å². The normalized spacial score (nSPS) is 12.2. The van der Waals surface area contributed by atoms with Crippen LogP contribution >= 0.6 is 0 Å². The maximum atomic E-state index is 13.5. The van der Waals surface area contributed by atoms with Crippen molar-refractivity contribution < 1.29 is 4.79 Å². The first-order chi connectivity index (χ1) is 17.1. The summed E-state index contributed by atoms with van der Waals surface area (Å²) in [4.78, 5) is 23.2. The predicted molar refractivity (Wildman–Crippen MR) is 142 cm³/mol. The molecule has 0 aliphatic heterocycles. The lowest BCUT2D eigenvalue weighted by Crippen LogP contribution is -2.27. The summed E-state index contributed by atoms with van der Waals surface area (Å²) in [6.45, 7) is 4.15. The van der Waals surface area contributed by atoms with E-state index < -0.39 is 0 Å². The van der Waals surface area contributed by atoms with Crippen LogP contribution in [0.15, 0.2) is 78.9 Å². The van der Waals surface area contributed by atoms with Crippen LogP contribution < -0.4 is 11.1 Å². The number of para-hydroxylation sites is 2. The molecule has 3 aromatic carbocycles. The minimum Gasteiger partial charge on any atom is -0.384 e. The molecule has 0 aliphatic rings. The molecule has 35 heavy (non-hydrogen) atoms. The van der Waals surface area contributed by atoms with E-state index >= 15 is 0 Å². The van der Waals surface area contributed by atoms with E-state index in [1.165, 1.54) is 5.56 Å². The minimum absolute atomic E-state index is 0.187. The summed E-state index contributed by atoms with van der Waals surface area (Å²) >= 11 is 0. The summed E-state index contributed by atoms with van der Waals surface area (Å²) in [6.07, 6.45) is 3.34. The molecule has 1 atom stereocenters. The second-order valence-corrected chi connectivity index (χ2v) is 8.86. The van der Waals surface area contributed by atoms with Gasteiger partial charge in [0.2, 0.25) is 0 Å². The smallest absolute Gasteiger partial charge is 0.257 e. The number of hydrogen-bond acceptors (Lipinski definition) is 4. The van der Waals surface area contributed by atoms with Crippen molar-refractivity contribution in [2.75, 3.05) is 5.73 Å². The fourth-order valence-corrected chi connectivity index (χ4v) is 4.43. The molecule has 176 valence electrons. The number of fused-ring (bicyclic) bond motifs is 2. The van der Waals surface area contributed by atoms with Gasteiger partial charge in [-0.3, -0.25) is 9.36 Å². The van der Waals surface area contributed by atoms with Crippen LogP contribution in [-0.4, -0.2) is 20.4 Å². The summed E-state index contributed by atoms with van der Waals surface area (Å²) in [5.74, 6) is 0.0566. The Morgan fingerprint density at radius 1 is 0.943 bits per heavy atom. The van der Waals surface area contributed by atoms with E-state index in [9.17, 15) is 4.79 Å². The van der Waals surface area contributed by atoms with E-state index in [-0.39, 0.29) is 11.9 Å². The Labute approximate surface area is 204 Å². The number of nitrogen functional groups attached to an aromatic ring is 1. The first-order valence-corrected chi connectivity index (χ1v) is 12.1. The summed E-state index contributed by atoms with van der Waals surface area (Å²) in [6, 6.07) is 25.6. The number of nitrogens with zero attached hydrogens (tertiary/aromatic N) is 3. The molecule has 5 aromatic rings. The number of rotatable bonds is 7. The summed E-state index contributed by atoms with van der Waals surface area (Å²) in [5.41, 5.74) is 12.7. The fourth-order valence-electron chi connectivity index (χ4n) is 4.43. The molecule has 3 N–H and O–H groups in total. The molecule has 0 saturated carbocycles. The standard InChI is InChI=1S/C29H29N5O/c1-3-4-10-20-15-17-22(18-16-20)34-27(30)25(29(35)31-19(2)21-11-6-5-7-12-21)26-28(34)33-24-14-9-8-13-23(24)32-26/h5-9,11-19H,3-4,10,30H2,1-2H3,(H,31,35). The van der Waals surface area contributed by atoms with Crippen molar-refractivity contribution in [1.82, 2.24) is 19.9 Å². The summed E-state index contributed by atoms with van der Waals surface area (Å²) in [7, 11) is 0. The van der Waals surface area contributed by atoms with Crippen molar-refractivity contribution in [2.24, 2.45) is 0 Å². The number of unbranched alkanes of at least 4 members (excludes halogenated alkanes) is 1. The zero-order chi connectivity index (χ0) is 24.4. The lowest BCUT2D eigenvalue weighted by Gasteiger charge is -2.14. The first kappa shape index (κ1) is 22.6. The van der Waals surface area contributed by atoms with Gasteiger partial charge in [0.15, 0.2) is 5.65 Å². The van der Waals surface area contributed by atoms with Crippen molar-refractivity contribution in [3.05, 3.63) is 95.6 Å². The highest BCUT2D eigenvalue weighted by atomic mass is 16.1. The van der Waals surface area contributed by atoms with Crippen LogP contribution in [0.4, 0.5) is 5.82 Å². The molecule has 6 nitrogen and oxygen atoms in total. The largest absolute Gasteiger partial charge is 0.384 e. The number of carbonyl (C=O) groups is 1. The average Bonchev–Trinajstić information content (AvgIpc) is 3.17. The quantitative estimate of drug-likeness (QED) is 0.310. The molecule has 1 unspecified atom stereocenters. The van der Waals surface area contributed by atoms with Gasteiger partial charge < -0.3 is 11.1 Å². The molecular weight excluding hydrogens is 434 g/mol. The minimum atomic E-state index is -0.272. The highest BCUT2D eigenvalue weighted by Crippen LogP contribution is 2.31. The van der Waals surface area contributed by atoms with Crippen LogP contribution in [0.25, 0.3) is 27.9 Å². The lowest BCUT2D eigenvalue weighted by atomic mass is 10.1. The second-order valence-electron chi connectivity index (χ2n) is 8.86. The van der Waals surface area contributed by atoms with E-state index in [2.05, 4.69) is 24.4 Å². The molecule has 0 radical (unpaired) electrons. The van der Waals surface area contributed by atoms with Gasteiger partial charge in [0.05, 0.1) is 17.1 Å².